The topological polar surface area (TPSA) is 50.4 Å². The smallest absolute Gasteiger partial charge is 0.224 e. The lowest BCUT2D eigenvalue weighted by Gasteiger charge is -2.24. The Kier molecular flexibility index (Phi) is 3.87. The van der Waals surface area contributed by atoms with Crippen LogP contribution in [0.4, 0.5) is 15.8 Å². The van der Waals surface area contributed by atoms with E-state index in [9.17, 15) is 9.18 Å². The van der Waals surface area contributed by atoms with E-state index in [1.54, 1.807) is 6.07 Å². The molecule has 108 valence electrons. The molecule has 20 heavy (non-hydrogen) atoms. The third-order valence-electron chi connectivity index (χ3n) is 3.92. The third kappa shape index (κ3) is 2.93. The number of benzene rings is 1. The Hall–Kier alpha value is -1.62. The van der Waals surface area contributed by atoms with E-state index >= 15 is 0 Å². The summed E-state index contributed by atoms with van der Waals surface area (Å²) in [5, 5.41) is 5.94. The SMILES string of the molecule is O=C1CCc2cc(F)c(NCC3CCCOC3)cc2N1. The van der Waals surface area contributed by atoms with Crippen molar-refractivity contribution >= 4 is 17.3 Å². The Bertz CT molecular complexity index is 513. The van der Waals surface area contributed by atoms with Crippen LogP contribution in [-0.4, -0.2) is 25.7 Å². The van der Waals surface area contributed by atoms with Crippen LogP contribution >= 0.6 is 0 Å². The Labute approximate surface area is 117 Å². The average molecular weight is 278 g/mol. The van der Waals surface area contributed by atoms with E-state index in [2.05, 4.69) is 10.6 Å². The van der Waals surface area contributed by atoms with Crippen molar-refractivity contribution in [3.8, 4) is 0 Å². The molecule has 1 amide bonds. The molecule has 1 aromatic rings. The quantitative estimate of drug-likeness (QED) is 0.893. The second-order valence-corrected chi connectivity index (χ2v) is 5.50. The lowest BCUT2D eigenvalue weighted by Crippen LogP contribution is -2.25. The Balaban J connectivity index is 1.69. The number of rotatable bonds is 3. The van der Waals surface area contributed by atoms with Crippen LogP contribution in [-0.2, 0) is 16.0 Å². The molecule has 2 aliphatic rings. The van der Waals surface area contributed by atoms with Crippen molar-refractivity contribution in [1.29, 1.82) is 0 Å². The van der Waals surface area contributed by atoms with Gasteiger partial charge in [-0.1, -0.05) is 0 Å². The van der Waals surface area contributed by atoms with E-state index < -0.39 is 0 Å². The minimum absolute atomic E-state index is 0.00395. The number of hydrogen-bond acceptors (Lipinski definition) is 3. The summed E-state index contributed by atoms with van der Waals surface area (Å²) in [6.45, 7) is 2.26. The molecule has 1 saturated heterocycles. The first-order valence-corrected chi connectivity index (χ1v) is 7.16. The number of nitrogens with one attached hydrogen (secondary N) is 2. The van der Waals surface area contributed by atoms with Gasteiger partial charge in [0.05, 0.1) is 12.3 Å². The van der Waals surface area contributed by atoms with Crippen LogP contribution in [0.2, 0.25) is 0 Å². The summed E-state index contributed by atoms with van der Waals surface area (Å²) in [5.74, 6) is 0.168. The number of fused-ring (bicyclic) bond motifs is 1. The predicted molar refractivity (Wildman–Crippen MR) is 75.4 cm³/mol. The van der Waals surface area contributed by atoms with Crippen molar-refractivity contribution < 1.29 is 13.9 Å². The van der Waals surface area contributed by atoms with E-state index in [0.717, 1.165) is 37.3 Å². The fourth-order valence-electron chi connectivity index (χ4n) is 2.76. The number of amides is 1. The van der Waals surface area contributed by atoms with E-state index in [0.29, 0.717) is 31.0 Å². The minimum Gasteiger partial charge on any atom is -0.382 e. The molecule has 0 saturated carbocycles. The second kappa shape index (κ2) is 5.79. The maximum Gasteiger partial charge on any atom is 0.224 e. The zero-order valence-corrected chi connectivity index (χ0v) is 11.4. The summed E-state index contributed by atoms with van der Waals surface area (Å²) in [7, 11) is 0. The number of carbonyl (C=O) groups is 1. The molecular formula is C15H19FN2O2. The first-order chi connectivity index (χ1) is 9.72. The number of anilines is 2. The standard InChI is InChI=1S/C15H19FN2O2/c16-12-6-11-3-4-15(19)18-13(11)7-14(12)17-8-10-2-1-5-20-9-10/h6-7,10,17H,1-5,8-9H2,(H,18,19). The van der Waals surface area contributed by atoms with Crippen LogP contribution in [0, 0.1) is 11.7 Å². The summed E-state index contributed by atoms with van der Waals surface area (Å²) in [5.41, 5.74) is 2.05. The van der Waals surface area contributed by atoms with Gasteiger partial charge in [0.15, 0.2) is 0 Å². The van der Waals surface area contributed by atoms with Gasteiger partial charge in [0.1, 0.15) is 5.82 Å². The highest BCUT2D eigenvalue weighted by atomic mass is 19.1. The van der Waals surface area contributed by atoms with E-state index in [1.165, 1.54) is 6.07 Å². The molecule has 2 aliphatic heterocycles. The highest BCUT2D eigenvalue weighted by molar-refractivity contribution is 5.94. The van der Waals surface area contributed by atoms with Crippen LogP contribution in [0.1, 0.15) is 24.8 Å². The summed E-state index contributed by atoms with van der Waals surface area (Å²) < 4.78 is 19.4. The lowest BCUT2D eigenvalue weighted by atomic mass is 10.0. The molecule has 1 atom stereocenters. The zero-order chi connectivity index (χ0) is 13.9. The molecule has 0 bridgehead atoms. The highest BCUT2D eigenvalue weighted by Gasteiger charge is 2.19. The molecule has 5 heteroatoms. The molecule has 0 aliphatic carbocycles. The minimum atomic E-state index is -0.253. The highest BCUT2D eigenvalue weighted by Crippen LogP contribution is 2.29. The van der Waals surface area contributed by atoms with Gasteiger partial charge in [-0.05, 0) is 42.9 Å². The summed E-state index contributed by atoms with van der Waals surface area (Å²) in [6, 6.07) is 3.22. The van der Waals surface area contributed by atoms with Gasteiger partial charge < -0.3 is 15.4 Å². The molecule has 4 nitrogen and oxygen atoms in total. The average Bonchev–Trinajstić information content (AvgIpc) is 2.46. The predicted octanol–water partition coefficient (Wildman–Crippen LogP) is 2.55. The van der Waals surface area contributed by atoms with Crippen molar-refractivity contribution in [2.24, 2.45) is 5.92 Å². The van der Waals surface area contributed by atoms with E-state index in [-0.39, 0.29) is 11.7 Å². The van der Waals surface area contributed by atoms with Crippen LogP contribution in [0.25, 0.3) is 0 Å². The van der Waals surface area contributed by atoms with Gasteiger partial charge in [-0.15, -0.1) is 0 Å². The molecule has 3 rings (SSSR count). The fourth-order valence-corrected chi connectivity index (χ4v) is 2.76. The Morgan fingerprint density at radius 1 is 1.40 bits per heavy atom. The van der Waals surface area contributed by atoms with Crippen molar-refractivity contribution in [3.63, 3.8) is 0 Å². The van der Waals surface area contributed by atoms with Crippen molar-refractivity contribution in [2.75, 3.05) is 30.4 Å². The maximum absolute atomic E-state index is 14.0. The number of halogens is 1. The number of ether oxygens (including phenoxy) is 1. The van der Waals surface area contributed by atoms with Gasteiger partial charge in [-0.2, -0.15) is 0 Å². The van der Waals surface area contributed by atoms with Gasteiger partial charge in [0.25, 0.3) is 0 Å². The van der Waals surface area contributed by atoms with Crippen LogP contribution < -0.4 is 10.6 Å². The third-order valence-corrected chi connectivity index (χ3v) is 3.92. The van der Waals surface area contributed by atoms with E-state index in [1.807, 2.05) is 0 Å². The van der Waals surface area contributed by atoms with Crippen molar-refractivity contribution in [1.82, 2.24) is 0 Å². The van der Waals surface area contributed by atoms with Crippen LogP contribution in [0.5, 0.6) is 0 Å². The normalized spacial score (nSPS) is 22.1. The number of aryl methyl sites for hydroxylation is 1. The van der Waals surface area contributed by atoms with Gasteiger partial charge in [0, 0.05) is 25.3 Å². The molecule has 1 unspecified atom stereocenters. The molecule has 2 N–H and O–H groups in total. The maximum atomic E-state index is 14.0. The van der Waals surface area contributed by atoms with E-state index in [4.69, 9.17) is 4.74 Å². The molecular weight excluding hydrogens is 259 g/mol. The summed E-state index contributed by atoms with van der Waals surface area (Å²) in [6.07, 6.45) is 3.21. The van der Waals surface area contributed by atoms with Gasteiger partial charge >= 0.3 is 0 Å². The first-order valence-electron chi connectivity index (χ1n) is 7.16. The lowest BCUT2D eigenvalue weighted by molar-refractivity contribution is -0.116. The molecule has 1 fully saturated rings. The Morgan fingerprint density at radius 3 is 3.10 bits per heavy atom. The molecule has 2 heterocycles. The first kappa shape index (κ1) is 13.4. The van der Waals surface area contributed by atoms with Gasteiger partial charge in [-0.25, -0.2) is 4.39 Å². The summed E-state index contributed by atoms with van der Waals surface area (Å²) in [4.78, 5) is 11.4. The fraction of sp³-hybridized carbons (Fsp3) is 0.533. The summed E-state index contributed by atoms with van der Waals surface area (Å²) >= 11 is 0. The molecule has 0 radical (unpaired) electrons. The number of carbonyl (C=O) groups excluding carboxylic acids is 1. The second-order valence-electron chi connectivity index (χ2n) is 5.50. The van der Waals surface area contributed by atoms with Gasteiger partial charge in [-0.3, -0.25) is 4.79 Å². The molecule has 1 aromatic carbocycles. The van der Waals surface area contributed by atoms with Crippen molar-refractivity contribution in [3.05, 3.63) is 23.5 Å². The monoisotopic (exact) mass is 278 g/mol. The largest absolute Gasteiger partial charge is 0.382 e. The van der Waals surface area contributed by atoms with Gasteiger partial charge in [0.2, 0.25) is 5.91 Å². The Morgan fingerprint density at radius 2 is 2.30 bits per heavy atom. The van der Waals surface area contributed by atoms with Crippen molar-refractivity contribution in [2.45, 2.75) is 25.7 Å². The molecule has 0 spiro atoms. The molecule has 0 aromatic heterocycles. The zero-order valence-electron chi connectivity index (χ0n) is 11.4. The number of hydrogen-bond donors (Lipinski definition) is 2. The van der Waals surface area contributed by atoms with Crippen LogP contribution in [0.15, 0.2) is 12.1 Å². The van der Waals surface area contributed by atoms with Crippen LogP contribution in [0.3, 0.4) is 0 Å².